The summed E-state index contributed by atoms with van der Waals surface area (Å²) in [6.45, 7) is 3.41. The normalized spacial score (nSPS) is 12.0. The number of hydrogen-bond acceptors (Lipinski definition) is 3. The molecule has 2 rings (SSSR count). The number of thiophene rings is 1. The SMILES string of the molecule is COCCN(C(=S)Nc1cc(Cl)cc(Cl)c1)[C@@H](C)c1cccs1. The van der Waals surface area contributed by atoms with Crippen molar-refractivity contribution in [3.05, 3.63) is 50.6 Å². The fraction of sp³-hybridized carbons (Fsp3) is 0.312. The van der Waals surface area contributed by atoms with Crippen LogP contribution in [0.25, 0.3) is 0 Å². The van der Waals surface area contributed by atoms with Crippen LogP contribution in [0.15, 0.2) is 35.7 Å². The molecule has 2 aromatic rings. The third-order valence-electron chi connectivity index (χ3n) is 3.33. The second-order valence-electron chi connectivity index (χ2n) is 4.97. The van der Waals surface area contributed by atoms with Crippen LogP contribution < -0.4 is 5.32 Å². The van der Waals surface area contributed by atoms with Gasteiger partial charge in [-0.15, -0.1) is 11.3 Å². The number of nitrogens with one attached hydrogen (secondary N) is 1. The number of anilines is 1. The number of rotatable bonds is 6. The Labute approximate surface area is 156 Å². The van der Waals surface area contributed by atoms with Crippen LogP contribution >= 0.6 is 46.8 Å². The summed E-state index contributed by atoms with van der Waals surface area (Å²) in [5.41, 5.74) is 0.772. The summed E-state index contributed by atoms with van der Waals surface area (Å²) in [4.78, 5) is 3.34. The molecule has 0 bridgehead atoms. The van der Waals surface area contributed by atoms with E-state index >= 15 is 0 Å². The van der Waals surface area contributed by atoms with E-state index in [1.54, 1.807) is 36.6 Å². The van der Waals surface area contributed by atoms with Gasteiger partial charge in [0.05, 0.1) is 12.6 Å². The van der Waals surface area contributed by atoms with Crippen LogP contribution in [0.3, 0.4) is 0 Å². The Hall–Kier alpha value is -0.850. The first-order valence-corrected chi connectivity index (χ1v) is 9.11. The van der Waals surface area contributed by atoms with Crippen molar-refractivity contribution in [2.24, 2.45) is 0 Å². The molecule has 0 saturated carbocycles. The number of nitrogens with zero attached hydrogens (tertiary/aromatic N) is 1. The minimum atomic E-state index is 0.153. The maximum absolute atomic E-state index is 6.04. The summed E-state index contributed by atoms with van der Waals surface area (Å²) in [5, 5.41) is 7.02. The molecule has 0 aliphatic carbocycles. The van der Waals surface area contributed by atoms with E-state index in [-0.39, 0.29) is 6.04 Å². The predicted octanol–water partition coefficient (Wildman–Crippen LogP) is 5.46. The number of halogens is 2. The summed E-state index contributed by atoms with van der Waals surface area (Å²) >= 11 is 19.4. The van der Waals surface area contributed by atoms with Crippen LogP contribution in [-0.4, -0.2) is 30.3 Å². The van der Waals surface area contributed by atoms with E-state index in [1.165, 1.54) is 4.88 Å². The molecule has 1 atom stereocenters. The minimum absolute atomic E-state index is 0.153. The summed E-state index contributed by atoms with van der Waals surface area (Å²) in [6, 6.07) is 9.58. The highest BCUT2D eigenvalue weighted by molar-refractivity contribution is 7.80. The van der Waals surface area contributed by atoms with Gasteiger partial charge >= 0.3 is 0 Å². The van der Waals surface area contributed by atoms with Crippen LogP contribution in [0.2, 0.25) is 10.0 Å². The second-order valence-corrected chi connectivity index (χ2v) is 7.20. The molecule has 7 heteroatoms. The van der Waals surface area contributed by atoms with Crippen LogP contribution in [0.5, 0.6) is 0 Å². The van der Waals surface area contributed by atoms with E-state index in [1.807, 2.05) is 6.07 Å². The topological polar surface area (TPSA) is 24.5 Å². The molecule has 0 spiro atoms. The molecular formula is C16H18Cl2N2OS2. The number of thiocarbonyl (C=S) groups is 1. The van der Waals surface area contributed by atoms with Gasteiger partial charge in [-0.2, -0.15) is 0 Å². The quantitative estimate of drug-likeness (QED) is 0.663. The Morgan fingerprint density at radius 2 is 2.04 bits per heavy atom. The molecule has 0 unspecified atom stereocenters. The van der Waals surface area contributed by atoms with Crippen molar-refractivity contribution < 1.29 is 4.74 Å². The molecule has 124 valence electrons. The molecule has 0 saturated heterocycles. The molecule has 1 aromatic heterocycles. The third kappa shape index (κ3) is 5.33. The van der Waals surface area contributed by atoms with Gasteiger partial charge in [-0.1, -0.05) is 29.3 Å². The minimum Gasteiger partial charge on any atom is -0.383 e. The molecule has 1 N–H and O–H groups in total. The number of ether oxygens (including phenoxy) is 1. The van der Waals surface area contributed by atoms with Gasteiger partial charge in [0, 0.05) is 34.3 Å². The van der Waals surface area contributed by atoms with E-state index in [9.17, 15) is 0 Å². The van der Waals surface area contributed by atoms with Gasteiger partial charge in [-0.25, -0.2) is 0 Å². The van der Waals surface area contributed by atoms with Crippen molar-refractivity contribution in [2.75, 3.05) is 25.6 Å². The van der Waals surface area contributed by atoms with Gasteiger partial charge in [0.1, 0.15) is 0 Å². The Balaban J connectivity index is 2.15. The maximum Gasteiger partial charge on any atom is 0.174 e. The first-order chi connectivity index (χ1) is 11.0. The van der Waals surface area contributed by atoms with Crippen LogP contribution in [-0.2, 0) is 4.74 Å². The van der Waals surface area contributed by atoms with Crippen molar-refractivity contribution in [1.29, 1.82) is 0 Å². The first kappa shape index (κ1) is 18.5. The highest BCUT2D eigenvalue weighted by Crippen LogP contribution is 2.27. The van der Waals surface area contributed by atoms with Gasteiger partial charge in [0.2, 0.25) is 0 Å². The molecule has 3 nitrogen and oxygen atoms in total. The van der Waals surface area contributed by atoms with Crippen molar-refractivity contribution in [1.82, 2.24) is 4.90 Å². The second kappa shape index (κ2) is 8.85. The molecule has 0 fully saturated rings. The Bertz CT molecular complexity index is 629. The van der Waals surface area contributed by atoms with E-state index in [2.05, 4.69) is 28.6 Å². The van der Waals surface area contributed by atoms with Crippen LogP contribution in [0.1, 0.15) is 17.8 Å². The molecule has 23 heavy (non-hydrogen) atoms. The number of benzene rings is 1. The standard InChI is InChI=1S/C16H18Cl2N2OS2/c1-11(15-4-3-7-23-15)20(5-6-21-2)16(22)19-14-9-12(17)8-13(18)10-14/h3-4,7-11H,5-6H2,1-2H3,(H,19,22)/t11-/m0/s1. The third-order valence-corrected chi connectivity index (χ3v) is 5.15. The summed E-state index contributed by atoms with van der Waals surface area (Å²) in [6.07, 6.45) is 0. The molecule has 0 amide bonds. The van der Waals surface area contributed by atoms with Gasteiger partial charge in [-0.05, 0) is 48.8 Å². The van der Waals surface area contributed by atoms with Gasteiger partial charge in [0.25, 0.3) is 0 Å². The molecule has 0 aliphatic heterocycles. The molecule has 0 aliphatic rings. The van der Waals surface area contributed by atoms with Crippen molar-refractivity contribution >= 4 is 57.6 Å². The zero-order valence-electron chi connectivity index (χ0n) is 12.9. The molecule has 1 aromatic carbocycles. The molecule has 0 radical (unpaired) electrons. The van der Waals surface area contributed by atoms with Gasteiger partial charge < -0.3 is 15.0 Å². The zero-order chi connectivity index (χ0) is 16.8. The monoisotopic (exact) mass is 388 g/mol. The number of hydrogen-bond donors (Lipinski definition) is 1. The van der Waals surface area contributed by atoms with E-state index in [0.29, 0.717) is 28.3 Å². The van der Waals surface area contributed by atoms with E-state index in [4.69, 9.17) is 40.2 Å². The lowest BCUT2D eigenvalue weighted by Crippen LogP contribution is -2.38. The lowest BCUT2D eigenvalue weighted by atomic mass is 10.2. The smallest absolute Gasteiger partial charge is 0.174 e. The van der Waals surface area contributed by atoms with Gasteiger partial charge in [0.15, 0.2) is 5.11 Å². The Morgan fingerprint density at radius 1 is 1.35 bits per heavy atom. The summed E-state index contributed by atoms with van der Waals surface area (Å²) in [7, 11) is 1.68. The van der Waals surface area contributed by atoms with Crippen molar-refractivity contribution in [3.8, 4) is 0 Å². The lowest BCUT2D eigenvalue weighted by Gasteiger charge is -2.31. The summed E-state index contributed by atoms with van der Waals surface area (Å²) in [5.74, 6) is 0. The van der Waals surface area contributed by atoms with E-state index in [0.717, 1.165) is 5.69 Å². The average molecular weight is 389 g/mol. The fourth-order valence-corrected chi connectivity index (χ4v) is 3.85. The average Bonchev–Trinajstić information content (AvgIpc) is 3.00. The Kier molecular flexibility index (Phi) is 7.11. The number of methoxy groups -OCH3 is 1. The van der Waals surface area contributed by atoms with Crippen LogP contribution in [0.4, 0.5) is 5.69 Å². The highest BCUT2D eigenvalue weighted by Gasteiger charge is 2.19. The molecule has 1 heterocycles. The van der Waals surface area contributed by atoms with Crippen molar-refractivity contribution in [3.63, 3.8) is 0 Å². The molecular weight excluding hydrogens is 371 g/mol. The Morgan fingerprint density at radius 3 is 2.61 bits per heavy atom. The first-order valence-electron chi connectivity index (χ1n) is 7.07. The van der Waals surface area contributed by atoms with Crippen molar-refractivity contribution in [2.45, 2.75) is 13.0 Å². The van der Waals surface area contributed by atoms with Crippen LogP contribution in [0, 0.1) is 0 Å². The fourth-order valence-electron chi connectivity index (χ4n) is 2.16. The van der Waals surface area contributed by atoms with Gasteiger partial charge in [-0.3, -0.25) is 0 Å². The maximum atomic E-state index is 6.04. The summed E-state index contributed by atoms with van der Waals surface area (Å²) < 4.78 is 5.21. The van der Waals surface area contributed by atoms with E-state index < -0.39 is 0 Å². The predicted molar refractivity (Wildman–Crippen MR) is 104 cm³/mol. The highest BCUT2D eigenvalue weighted by atomic mass is 35.5. The zero-order valence-corrected chi connectivity index (χ0v) is 16.0. The largest absolute Gasteiger partial charge is 0.383 e. The lowest BCUT2D eigenvalue weighted by molar-refractivity contribution is 0.166.